The van der Waals surface area contributed by atoms with Crippen LogP contribution in [0.4, 0.5) is 5.69 Å². The van der Waals surface area contributed by atoms with Crippen LogP contribution in [0.3, 0.4) is 0 Å². The van der Waals surface area contributed by atoms with Gasteiger partial charge in [0.2, 0.25) is 5.91 Å². The lowest BCUT2D eigenvalue weighted by Crippen LogP contribution is -2.27. The van der Waals surface area contributed by atoms with E-state index in [4.69, 9.17) is 9.84 Å². The third-order valence-electron chi connectivity index (χ3n) is 4.71. The van der Waals surface area contributed by atoms with Crippen molar-refractivity contribution in [3.05, 3.63) is 59.2 Å². The standard InChI is InChI=1S/C21H22N2O5/c1-13(15-3-6-18(7-4-15)28-12-20(25)26)22-21(27)17-5-8-19-16(11-17)9-10-23(19)14(2)24/h3-8,11,13H,9-10,12H2,1-2H3,(H,22,27)(H,25,26). The number of rotatable bonds is 6. The van der Waals surface area contributed by atoms with E-state index in [0.717, 1.165) is 23.2 Å². The van der Waals surface area contributed by atoms with Crippen LogP contribution in [0.25, 0.3) is 0 Å². The number of carboxylic acids is 1. The van der Waals surface area contributed by atoms with Gasteiger partial charge in [-0.2, -0.15) is 0 Å². The number of carboxylic acid groups (broad SMARTS) is 1. The van der Waals surface area contributed by atoms with Gasteiger partial charge in [0.05, 0.1) is 6.04 Å². The Morgan fingerprint density at radius 3 is 2.54 bits per heavy atom. The molecule has 7 nitrogen and oxygen atoms in total. The minimum Gasteiger partial charge on any atom is -0.482 e. The maximum absolute atomic E-state index is 12.6. The summed E-state index contributed by atoms with van der Waals surface area (Å²) in [6.07, 6.45) is 0.739. The highest BCUT2D eigenvalue weighted by molar-refractivity contribution is 5.98. The maximum atomic E-state index is 12.6. The van der Waals surface area contributed by atoms with Crippen molar-refractivity contribution in [2.45, 2.75) is 26.3 Å². The summed E-state index contributed by atoms with van der Waals surface area (Å²) >= 11 is 0. The van der Waals surface area contributed by atoms with Gasteiger partial charge >= 0.3 is 5.97 Å². The summed E-state index contributed by atoms with van der Waals surface area (Å²) in [6, 6.07) is 12.1. The molecule has 0 aliphatic carbocycles. The summed E-state index contributed by atoms with van der Waals surface area (Å²) in [5.74, 6) is -0.771. The third-order valence-corrected chi connectivity index (χ3v) is 4.71. The molecular weight excluding hydrogens is 360 g/mol. The number of benzene rings is 2. The monoisotopic (exact) mass is 382 g/mol. The smallest absolute Gasteiger partial charge is 0.341 e. The lowest BCUT2D eigenvalue weighted by Gasteiger charge is -2.17. The van der Waals surface area contributed by atoms with Gasteiger partial charge in [-0.3, -0.25) is 9.59 Å². The Morgan fingerprint density at radius 2 is 1.89 bits per heavy atom. The third kappa shape index (κ3) is 4.31. The normalized spacial score (nSPS) is 13.6. The molecule has 2 aromatic carbocycles. The fourth-order valence-electron chi connectivity index (χ4n) is 3.23. The second-order valence-corrected chi connectivity index (χ2v) is 6.71. The molecule has 7 heteroatoms. The number of anilines is 1. The van der Waals surface area contributed by atoms with Gasteiger partial charge in [0, 0.05) is 24.7 Å². The Morgan fingerprint density at radius 1 is 1.18 bits per heavy atom. The number of amides is 2. The highest BCUT2D eigenvalue weighted by Crippen LogP contribution is 2.29. The molecule has 3 rings (SSSR count). The topological polar surface area (TPSA) is 95.9 Å². The van der Waals surface area contributed by atoms with Gasteiger partial charge in [0.25, 0.3) is 5.91 Å². The predicted octanol–water partition coefficient (Wildman–Crippen LogP) is 2.55. The molecule has 2 amide bonds. The molecule has 0 radical (unpaired) electrons. The van der Waals surface area contributed by atoms with Crippen LogP contribution in [0.2, 0.25) is 0 Å². The number of nitrogens with zero attached hydrogens (tertiary/aromatic N) is 1. The molecule has 1 heterocycles. The van der Waals surface area contributed by atoms with Crippen molar-refractivity contribution in [3.8, 4) is 5.75 Å². The Kier molecular flexibility index (Phi) is 5.63. The van der Waals surface area contributed by atoms with Crippen molar-refractivity contribution in [1.29, 1.82) is 0 Å². The minimum atomic E-state index is -1.04. The van der Waals surface area contributed by atoms with E-state index in [2.05, 4.69) is 5.32 Å². The van der Waals surface area contributed by atoms with Crippen LogP contribution in [-0.4, -0.2) is 36.0 Å². The predicted molar refractivity (Wildman–Crippen MR) is 104 cm³/mol. The van der Waals surface area contributed by atoms with Gasteiger partial charge in [-0.1, -0.05) is 12.1 Å². The number of fused-ring (bicyclic) bond motifs is 1. The Labute approximate surface area is 162 Å². The molecule has 1 unspecified atom stereocenters. The quantitative estimate of drug-likeness (QED) is 0.800. The van der Waals surface area contributed by atoms with Crippen LogP contribution in [-0.2, 0) is 16.0 Å². The number of aliphatic carboxylic acids is 1. The van der Waals surface area contributed by atoms with Crippen LogP contribution < -0.4 is 15.0 Å². The van der Waals surface area contributed by atoms with Crippen molar-refractivity contribution in [2.75, 3.05) is 18.1 Å². The number of ether oxygens (including phenoxy) is 1. The molecule has 2 aromatic rings. The second kappa shape index (κ2) is 8.12. The van der Waals surface area contributed by atoms with E-state index < -0.39 is 12.6 Å². The van der Waals surface area contributed by atoms with Gasteiger partial charge in [-0.15, -0.1) is 0 Å². The first-order valence-corrected chi connectivity index (χ1v) is 9.01. The van der Waals surface area contributed by atoms with Gasteiger partial charge in [-0.05, 0) is 54.8 Å². The lowest BCUT2D eigenvalue weighted by molar-refractivity contribution is -0.139. The van der Waals surface area contributed by atoms with E-state index in [-0.39, 0.29) is 17.9 Å². The van der Waals surface area contributed by atoms with Gasteiger partial charge in [0.1, 0.15) is 5.75 Å². The average Bonchev–Trinajstić information content (AvgIpc) is 3.10. The summed E-state index contributed by atoms with van der Waals surface area (Å²) < 4.78 is 5.11. The van der Waals surface area contributed by atoms with E-state index in [9.17, 15) is 14.4 Å². The molecule has 1 atom stereocenters. The molecule has 2 N–H and O–H groups in total. The van der Waals surface area contributed by atoms with E-state index in [1.807, 2.05) is 19.1 Å². The largest absolute Gasteiger partial charge is 0.482 e. The van der Waals surface area contributed by atoms with Crippen molar-refractivity contribution in [2.24, 2.45) is 0 Å². The summed E-state index contributed by atoms with van der Waals surface area (Å²) in [7, 11) is 0. The maximum Gasteiger partial charge on any atom is 0.341 e. The molecule has 0 saturated carbocycles. The SMILES string of the molecule is CC(=O)N1CCc2cc(C(=O)NC(C)c3ccc(OCC(=O)O)cc3)ccc21. The van der Waals surface area contributed by atoms with E-state index >= 15 is 0 Å². The second-order valence-electron chi connectivity index (χ2n) is 6.71. The van der Waals surface area contributed by atoms with E-state index in [1.165, 1.54) is 6.92 Å². The summed E-state index contributed by atoms with van der Waals surface area (Å²) in [4.78, 5) is 36.5. The Balaban J connectivity index is 1.64. The first kappa shape index (κ1) is 19.4. The summed E-state index contributed by atoms with van der Waals surface area (Å²) in [5, 5.41) is 11.6. The first-order valence-electron chi connectivity index (χ1n) is 9.01. The van der Waals surface area contributed by atoms with Gasteiger partial charge < -0.3 is 20.1 Å². The molecule has 28 heavy (non-hydrogen) atoms. The molecule has 146 valence electrons. The summed E-state index contributed by atoms with van der Waals surface area (Å²) in [6.45, 7) is 3.65. The molecule has 1 aliphatic rings. The molecule has 0 saturated heterocycles. The minimum absolute atomic E-state index is 0.000329. The van der Waals surface area contributed by atoms with Crippen LogP contribution >= 0.6 is 0 Å². The fourth-order valence-corrected chi connectivity index (χ4v) is 3.23. The average molecular weight is 382 g/mol. The first-order chi connectivity index (χ1) is 13.3. The molecular formula is C21H22N2O5. The van der Waals surface area contributed by atoms with Crippen LogP contribution in [0.15, 0.2) is 42.5 Å². The van der Waals surface area contributed by atoms with Crippen molar-refractivity contribution in [3.63, 3.8) is 0 Å². The van der Waals surface area contributed by atoms with Crippen molar-refractivity contribution >= 4 is 23.5 Å². The molecule has 0 fully saturated rings. The number of hydrogen-bond acceptors (Lipinski definition) is 4. The highest BCUT2D eigenvalue weighted by atomic mass is 16.5. The van der Waals surface area contributed by atoms with Gasteiger partial charge in [-0.25, -0.2) is 4.79 Å². The lowest BCUT2D eigenvalue weighted by atomic mass is 10.1. The Hall–Kier alpha value is -3.35. The van der Waals surface area contributed by atoms with Crippen LogP contribution in [0, 0.1) is 0 Å². The fraction of sp³-hybridized carbons (Fsp3) is 0.286. The van der Waals surface area contributed by atoms with E-state index in [1.54, 1.807) is 35.2 Å². The van der Waals surface area contributed by atoms with Crippen LogP contribution in [0.1, 0.15) is 41.4 Å². The number of carbonyl (C=O) groups is 3. The molecule has 0 spiro atoms. The zero-order valence-corrected chi connectivity index (χ0v) is 15.8. The molecule has 0 aromatic heterocycles. The number of hydrogen-bond donors (Lipinski definition) is 2. The van der Waals surface area contributed by atoms with Crippen molar-refractivity contribution < 1.29 is 24.2 Å². The Bertz CT molecular complexity index is 908. The highest BCUT2D eigenvalue weighted by Gasteiger charge is 2.23. The zero-order chi connectivity index (χ0) is 20.3. The number of nitrogens with one attached hydrogen (secondary N) is 1. The van der Waals surface area contributed by atoms with Crippen LogP contribution in [0.5, 0.6) is 5.75 Å². The van der Waals surface area contributed by atoms with Crippen molar-refractivity contribution in [1.82, 2.24) is 5.32 Å². The van der Waals surface area contributed by atoms with Gasteiger partial charge in [0.15, 0.2) is 6.61 Å². The molecule has 0 bridgehead atoms. The number of carbonyl (C=O) groups excluding carboxylic acids is 2. The zero-order valence-electron chi connectivity index (χ0n) is 15.8. The molecule has 1 aliphatic heterocycles. The summed E-state index contributed by atoms with van der Waals surface area (Å²) in [5.41, 5.74) is 3.29. The van der Waals surface area contributed by atoms with E-state index in [0.29, 0.717) is 17.9 Å².